The summed E-state index contributed by atoms with van der Waals surface area (Å²) in [4.78, 5) is 0. The largest absolute Gasteiger partial charge is 2.00 e. The second-order valence-electron chi connectivity index (χ2n) is 3.25. The van der Waals surface area contributed by atoms with Crippen LogP contribution in [-0.4, -0.2) is 13.2 Å². The quantitative estimate of drug-likeness (QED) is 0.450. The van der Waals surface area contributed by atoms with Gasteiger partial charge < -0.3 is 28.1 Å². The second-order valence-corrected chi connectivity index (χ2v) is 3.25. The summed E-state index contributed by atoms with van der Waals surface area (Å²) in [5.41, 5.74) is 0. The SMILES string of the molecule is C1CCOC1.[Br-].[CH-]1CCCCC1.[Zn+2]. The molecule has 1 saturated carbocycles. The van der Waals surface area contributed by atoms with Crippen molar-refractivity contribution < 1.29 is 41.2 Å². The number of hydrogen-bond donors (Lipinski definition) is 0. The molecule has 0 bridgehead atoms. The molecular weight excluding hydrogens is 281 g/mol. The molecule has 74 valence electrons. The zero-order valence-corrected chi connectivity index (χ0v) is 13.0. The second kappa shape index (κ2) is 13.1. The van der Waals surface area contributed by atoms with Crippen LogP contribution in [0, 0.1) is 6.42 Å². The van der Waals surface area contributed by atoms with Crippen molar-refractivity contribution in [1.82, 2.24) is 0 Å². The van der Waals surface area contributed by atoms with Crippen molar-refractivity contribution in [3.63, 3.8) is 0 Å². The van der Waals surface area contributed by atoms with Gasteiger partial charge in [-0.3, -0.25) is 0 Å². The van der Waals surface area contributed by atoms with Crippen LogP contribution in [0.2, 0.25) is 0 Å². The minimum atomic E-state index is 0. The summed E-state index contributed by atoms with van der Waals surface area (Å²) in [6.07, 6.45) is 12.1. The summed E-state index contributed by atoms with van der Waals surface area (Å²) in [7, 11) is 0. The molecule has 0 atom stereocenters. The fraction of sp³-hybridized carbons (Fsp3) is 0.900. The Morgan fingerprint density at radius 2 is 1.31 bits per heavy atom. The van der Waals surface area contributed by atoms with E-state index in [1.807, 2.05) is 0 Å². The van der Waals surface area contributed by atoms with E-state index in [9.17, 15) is 0 Å². The third-order valence-electron chi connectivity index (χ3n) is 2.14. The Morgan fingerprint density at radius 1 is 0.769 bits per heavy atom. The van der Waals surface area contributed by atoms with Gasteiger partial charge in [0, 0.05) is 13.2 Å². The molecule has 2 rings (SSSR count). The molecule has 13 heavy (non-hydrogen) atoms. The zero-order chi connectivity index (χ0) is 7.78. The molecule has 3 heteroatoms. The molecule has 0 spiro atoms. The van der Waals surface area contributed by atoms with Gasteiger partial charge in [-0.2, -0.15) is 12.8 Å². The molecule has 1 nitrogen and oxygen atoms in total. The van der Waals surface area contributed by atoms with Gasteiger partial charge in [0.25, 0.3) is 0 Å². The van der Waals surface area contributed by atoms with Gasteiger partial charge in [0.2, 0.25) is 0 Å². The molecule has 0 amide bonds. The average molecular weight is 301 g/mol. The summed E-state index contributed by atoms with van der Waals surface area (Å²) >= 11 is 0. The molecule has 2 fully saturated rings. The maximum atomic E-state index is 4.94. The molecule has 0 N–H and O–H groups in total. The van der Waals surface area contributed by atoms with Gasteiger partial charge in [-0.15, -0.1) is 0 Å². The first-order valence-corrected chi connectivity index (χ1v) is 4.89. The Morgan fingerprint density at radius 3 is 1.46 bits per heavy atom. The molecule has 0 aromatic rings. The van der Waals surface area contributed by atoms with Crippen molar-refractivity contribution in [2.45, 2.75) is 44.9 Å². The Hall–Kier alpha value is 1.06. The van der Waals surface area contributed by atoms with Gasteiger partial charge in [-0.25, -0.2) is 0 Å². The predicted octanol–water partition coefficient (Wildman–Crippen LogP) is -0.0469. The van der Waals surface area contributed by atoms with Crippen molar-refractivity contribution in [3.05, 3.63) is 6.42 Å². The van der Waals surface area contributed by atoms with Crippen molar-refractivity contribution >= 4 is 0 Å². The first-order valence-electron chi connectivity index (χ1n) is 4.89. The summed E-state index contributed by atoms with van der Waals surface area (Å²) in [6, 6.07) is 0. The normalized spacial score (nSPS) is 20.3. The smallest absolute Gasteiger partial charge is 1.00 e. The van der Waals surface area contributed by atoms with Crippen molar-refractivity contribution in [3.8, 4) is 0 Å². The van der Waals surface area contributed by atoms with Crippen molar-refractivity contribution in [2.75, 3.05) is 13.2 Å². The molecule has 0 unspecified atom stereocenters. The zero-order valence-electron chi connectivity index (χ0n) is 8.43. The van der Waals surface area contributed by atoms with Gasteiger partial charge in [0.05, 0.1) is 0 Å². The van der Waals surface area contributed by atoms with Gasteiger partial charge in [0.15, 0.2) is 0 Å². The van der Waals surface area contributed by atoms with E-state index in [0.717, 1.165) is 13.2 Å². The van der Waals surface area contributed by atoms with Crippen LogP contribution in [0.5, 0.6) is 0 Å². The van der Waals surface area contributed by atoms with Gasteiger partial charge >= 0.3 is 19.5 Å². The number of hydrogen-bond acceptors (Lipinski definition) is 1. The maximum absolute atomic E-state index is 4.94. The van der Waals surface area contributed by atoms with E-state index in [1.54, 1.807) is 0 Å². The molecule has 0 aromatic heterocycles. The summed E-state index contributed by atoms with van der Waals surface area (Å²) in [6.45, 7) is 2.00. The summed E-state index contributed by atoms with van der Waals surface area (Å²) in [5.74, 6) is 0. The number of ether oxygens (including phenoxy) is 1. The van der Waals surface area contributed by atoms with E-state index in [4.69, 9.17) is 4.74 Å². The summed E-state index contributed by atoms with van der Waals surface area (Å²) < 4.78 is 4.94. The van der Waals surface area contributed by atoms with Crippen LogP contribution in [0.25, 0.3) is 0 Å². The third kappa shape index (κ3) is 11.0. The Bertz CT molecular complexity index is 63.9. The van der Waals surface area contributed by atoms with Crippen LogP contribution in [0.3, 0.4) is 0 Å². The van der Waals surface area contributed by atoms with Crippen molar-refractivity contribution in [1.29, 1.82) is 0 Å². The van der Waals surface area contributed by atoms with Crippen LogP contribution in [-0.2, 0) is 24.2 Å². The molecular formula is C10H19BrOZn. The molecule has 1 aliphatic heterocycles. The van der Waals surface area contributed by atoms with E-state index in [1.165, 1.54) is 44.9 Å². The van der Waals surface area contributed by atoms with Crippen LogP contribution in [0.1, 0.15) is 44.9 Å². The molecule has 1 heterocycles. The first-order chi connectivity index (χ1) is 5.50. The van der Waals surface area contributed by atoms with Crippen LogP contribution in [0.4, 0.5) is 0 Å². The number of rotatable bonds is 0. The van der Waals surface area contributed by atoms with Gasteiger partial charge in [0.1, 0.15) is 0 Å². The summed E-state index contributed by atoms with van der Waals surface area (Å²) in [5, 5.41) is 0. The Balaban J connectivity index is 0. The molecule has 0 aromatic carbocycles. The van der Waals surface area contributed by atoms with E-state index in [-0.39, 0.29) is 36.5 Å². The number of halogens is 1. The van der Waals surface area contributed by atoms with E-state index in [0.29, 0.717) is 0 Å². The van der Waals surface area contributed by atoms with Crippen LogP contribution in [0.15, 0.2) is 0 Å². The fourth-order valence-corrected chi connectivity index (χ4v) is 1.41. The average Bonchev–Trinajstić information content (AvgIpc) is 2.64. The predicted molar refractivity (Wildman–Crippen MR) is 47.4 cm³/mol. The standard InChI is InChI=1S/C6H11.C4H8O.BrH.Zn/c1-2-4-6-5-3-1;1-2-4-5-3-1;;/h1H,2-6H2;1-4H2;1H;/q-1;;;+2/p-1. The Labute approximate surface area is 106 Å². The monoisotopic (exact) mass is 298 g/mol. The van der Waals surface area contributed by atoms with Crippen molar-refractivity contribution in [2.24, 2.45) is 0 Å². The maximum Gasteiger partial charge on any atom is 2.00 e. The van der Waals surface area contributed by atoms with E-state index < -0.39 is 0 Å². The molecule has 1 saturated heterocycles. The topological polar surface area (TPSA) is 9.23 Å². The first kappa shape index (κ1) is 16.5. The van der Waals surface area contributed by atoms with Gasteiger partial charge in [-0.05, 0) is 12.8 Å². The van der Waals surface area contributed by atoms with Crippen LogP contribution >= 0.6 is 0 Å². The molecule has 2 aliphatic rings. The van der Waals surface area contributed by atoms with Crippen LogP contribution < -0.4 is 17.0 Å². The minimum absolute atomic E-state index is 0. The van der Waals surface area contributed by atoms with E-state index >= 15 is 0 Å². The molecule has 0 radical (unpaired) electrons. The van der Waals surface area contributed by atoms with Gasteiger partial charge in [-0.1, -0.05) is 19.3 Å². The molecule has 1 aliphatic carbocycles. The third-order valence-corrected chi connectivity index (χ3v) is 2.14. The fourth-order valence-electron chi connectivity index (χ4n) is 1.41. The Kier molecular flexibility index (Phi) is 16.6. The minimum Gasteiger partial charge on any atom is -1.00 e. The van der Waals surface area contributed by atoms with E-state index in [2.05, 4.69) is 6.42 Å².